The van der Waals surface area contributed by atoms with E-state index >= 15 is 0 Å². The Morgan fingerprint density at radius 1 is 1.18 bits per heavy atom. The van der Waals surface area contributed by atoms with Crippen LogP contribution < -0.4 is 9.62 Å². The predicted octanol–water partition coefficient (Wildman–Crippen LogP) is 5.92. The molecule has 0 bridgehead atoms. The summed E-state index contributed by atoms with van der Waals surface area (Å²) >= 11 is 1.99. The second-order valence-electron chi connectivity index (χ2n) is 7.82. The molecule has 0 radical (unpaired) electrons. The van der Waals surface area contributed by atoms with Crippen molar-refractivity contribution in [3.8, 4) is 0 Å². The second kappa shape index (κ2) is 10.3. The lowest BCUT2D eigenvalue weighted by Gasteiger charge is -2.38. The van der Waals surface area contributed by atoms with Gasteiger partial charge in [0.05, 0.1) is 17.4 Å². The molecule has 1 aromatic carbocycles. The van der Waals surface area contributed by atoms with Gasteiger partial charge in [0.25, 0.3) is 0 Å². The lowest BCUT2D eigenvalue weighted by Crippen LogP contribution is -2.43. The number of benzene rings is 1. The zero-order chi connectivity index (χ0) is 23.4. The van der Waals surface area contributed by atoms with Crippen LogP contribution in [0.15, 0.2) is 52.4 Å². The van der Waals surface area contributed by atoms with Gasteiger partial charge in [-0.05, 0) is 18.4 Å². The Bertz CT molecular complexity index is 1040. The molecule has 1 aliphatic rings. The largest absolute Gasteiger partial charge is 0.421 e. The molecule has 0 aliphatic carbocycles. The third-order valence-electron chi connectivity index (χ3n) is 5.67. The minimum absolute atomic E-state index is 0.133. The molecular formula is C22H23F4N5S2. The molecule has 176 valence electrons. The number of thiazole rings is 1. The zero-order valence-electron chi connectivity index (χ0n) is 17.8. The van der Waals surface area contributed by atoms with Gasteiger partial charge in [0.2, 0.25) is 0 Å². The minimum atomic E-state index is -4.85. The molecule has 3 aromatic rings. The first-order valence-electron chi connectivity index (χ1n) is 10.4. The number of nitrogens with one attached hydrogen (secondary N) is 1. The van der Waals surface area contributed by atoms with E-state index in [4.69, 9.17) is 0 Å². The first-order valence-corrected chi connectivity index (χ1v) is 12.1. The van der Waals surface area contributed by atoms with Gasteiger partial charge >= 0.3 is 6.18 Å². The fourth-order valence-electron chi connectivity index (χ4n) is 3.94. The number of halogens is 4. The van der Waals surface area contributed by atoms with Crippen LogP contribution in [0, 0.1) is 5.82 Å². The van der Waals surface area contributed by atoms with Crippen LogP contribution in [0.5, 0.6) is 0 Å². The van der Waals surface area contributed by atoms with E-state index in [0.29, 0.717) is 30.6 Å². The molecule has 0 saturated carbocycles. The molecule has 1 N–H and O–H groups in total. The second-order valence-corrected chi connectivity index (χ2v) is 9.33. The van der Waals surface area contributed by atoms with E-state index in [1.54, 1.807) is 17.9 Å². The van der Waals surface area contributed by atoms with Crippen molar-refractivity contribution in [1.29, 1.82) is 0 Å². The van der Waals surface area contributed by atoms with Crippen molar-refractivity contribution in [2.75, 3.05) is 29.8 Å². The Kier molecular flexibility index (Phi) is 7.40. The molecule has 33 heavy (non-hydrogen) atoms. The summed E-state index contributed by atoms with van der Waals surface area (Å²) < 4.78 is 59.4. The molecule has 1 fully saturated rings. The van der Waals surface area contributed by atoms with E-state index in [9.17, 15) is 17.6 Å². The van der Waals surface area contributed by atoms with E-state index in [-0.39, 0.29) is 16.8 Å². The average Bonchev–Trinajstić information content (AvgIpc) is 3.32. The van der Waals surface area contributed by atoms with Gasteiger partial charge < -0.3 is 9.62 Å². The number of piperidine rings is 1. The summed E-state index contributed by atoms with van der Waals surface area (Å²) in [4.78, 5) is 11.8. The van der Waals surface area contributed by atoms with E-state index in [0.717, 1.165) is 25.8 Å². The van der Waals surface area contributed by atoms with Crippen LogP contribution in [0.25, 0.3) is 0 Å². The van der Waals surface area contributed by atoms with Crippen LogP contribution in [0.3, 0.4) is 0 Å². The lowest BCUT2D eigenvalue weighted by atomic mass is 10.0. The highest BCUT2D eigenvalue weighted by atomic mass is 32.2. The van der Waals surface area contributed by atoms with E-state index in [1.807, 2.05) is 18.2 Å². The number of pyridine rings is 1. The molecule has 0 unspecified atom stereocenters. The first-order chi connectivity index (χ1) is 15.8. The molecule has 0 atom stereocenters. The van der Waals surface area contributed by atoms with Gasteiger partial charge in [-0.3, -0.25) is 4.90 Å². The van der Waals surface area contributed by atoms with E-state index < -0.39 is 17.6 Å². The quantitative estimate of drug-likeness (QED) is 0.323. The number of rotatable bonds is 7. The predicted molar refractivity (Wildman–Crippen MR) is 124 cm³/mol. The maximum absolute atomic E-state index is 15.0. The smallest absolute Gasteiger partial charge is 0.370 e. The fraction of sp³-hybridized carbons (Fsp3) is 0.364. The summed E-state index contributed by atoms with van der Waals surface area (Å²) in [7, 11) is 1.59. The molecule has 5 nitrogen and oxygen atoms in total. The normalized spacial score (nSPS) is 15.5. The van der Waals surface area contributed by atoms with Crippen molar-refractivity contribution < 1.29 is 17.6 Å². The molecule has 11 heteroatoms. The molecule has 4 rings (SSSR count). The Balaban J connectivity index is 1.47. The summed E-state index contributed by atoms with van der Waals surface area (Å²) in [5, 5.41) is 1.30. The number of aromatic nitrogens is 2. The van der Waals surface area contributed by atoms with Crippen LogP contribution in [0.2, 0.25) is 0 Å². The van der Waals surface area contributed by atoms with Crippen LogP contribution in [-0.4, -0.2) is 41.0 Å². The van der Waals surface area contributed by atoms with Crippen molar-refractivity contribution in [3.05, 3.63) is 64.4 Å². The van der Waals surface area contributed by atoms with E-state index in [2.05, 4.69) is 31.7 Å². The summed E-state index contributed by atoms with van der Waals surface area (Å²) in [6.45, 7) is 2.32. The zero-order valence-corrected chi connectivity index (χ0v) is 19.5. The number of likely N-dealkylation sites (tertiary alicyclic amines) is 1. The number of anilines is 2. The highest BCUT2D eigenvalue weighted by Crippen LogP contribution is 2.41. The Hall–Kier alpha value is -2.37. The Morgan fingerprint density at radius 3 is 2.55 bits per heavy atom. The third kappa shape index (κ3) is 5.77. The number of hydrogen-bond donors (Lipinski definition) is 1. The van der Waals surface area contributed by atoms with Crippen molar-refractivity contribution in [1.82, 2.24) is 14.9 Å². The minimum Gasteiger partial charge on any atom is -0.370 e. The molecule has 0 spiro atoms. The first kappa shape index (κ1) is 23.8. The SMILES string of the molecule is CN(c1cnc(SNc2cscn2)c(F)c1C(F)(F)F)C1CCN(Cc2ccccc2)CC1. The fourth-order valence-corrected chi connectivity index (χ4v) is 5.10. The van der Waals surface area contributed by atoms with Crippen LogP contribution in [0.4, 0.5) is 29.1 Å². The number of hydrogen-bond acceptors (Lipinski definition) is 7. The molecule has 3 heterocycles. The molecule has 0 amide bonds. The standard InChI is InChI=1S/C22H23F4N5S2/c1-30(16-7-9-31(10-8-16)12-15-5-3-2-4-6-15)17-11-27-21(20(23)19(17)22(24,25)26)33-29-18-13-32-14-28-18/h2-6,11,13-14,16,29H,7-10,12H2,1H3. The monoisotopic (exact) mass is 497 g/mol. The van der Waals surface area contributed by atoms with Crippen LogP contribution in [-0.2, 0) is 12.7 Å². The van der Waals surface area contributed by atoms with Crippen molar-refractivity contribution in [2.24, 2.45) is 0 Å². The van der Waals surface area contributed by atoms with Gasteiger partial charge in [0.15, 0.2) is 10.8 Å². The molecule has 2 aromatic heterocycles. The van der Waals surface area contributed by atoms with Crippen LogP contribution in [0.1, 0.15) is 24.0 Å². The molecule has 1 saturated heterocycles. The topological polar surface area (TPSA) is 44.3 Å². The maximum Gasteiger partial charge on any atom is 0.421 e. The van der Waals surface area contributed by atoms with Crippen molar-refractivity contribution in [2.45, 2.75) is 36.6 Å². The Morgan fingerprint density at radius 2 is 1.91 bits per heavy atom. The van der Waals surface area contributed by atoms with E-state index in [1.165, 1.54) is 21.8 Å². The average molecular weight is 498 g/mol. The summed E-state index contributed by atoms with van der Waals surface area (Å²) in [5.41, 5.74) is 1.25. The molecule has 1 aliphatic heterocycles. The van der Waals surface area contributed by atoms with Gasteiger partial charge in [-0.2, -0.15) is 13.2 Å². The van der Waals surface area contributed by atoms with Gasteiger partial charge in [-0.1, -0.05) is 30.3 Å². The summed E-state index contributed by atoms with van der Waals surface area (Å²) in [5.74, 6) is -0.940. The maximum atomic E-state index is 15.0. The molecular weight excluding hydrogens is 474 g/mol. The highest BCUT2D eigenvalue weighted by Gasteiger charge is 2.41. The lowest BCUT2D eigenvalue weighted by molar-refractivity contribution is -0.139. The van der Waals surface area contributed by atoms with Gasteiger partial charge in [0.1, 0.15) is 11.4 Å². The Labute approximate surface area is 198 Å². The number of nitrogens with zero attached hydrogens (tertiary/aromatic N) is 4. The highest BCUT2D eigenvalue weighted by molar-refractivity contribution is 8.00. The third-order valence-corrected chi connectivity index (χ3v) is 7.05. The van der Waals surface area contributed by atoms with Gasteiger partial charge in [-0.25, -0.2) is 14.4 Å². The van der Waals surface area contributed by atoms with Gasteiger partial charge in [0, 0.05) is 50.1 Å². The van der Waals surface area contributed by atoms with Crippen LogP contribution >= 0.6 is 23.3 Å². The van der Waals surface area contributed by atoms with Gasteiger partial charge in [-0.15, -0.1) is 11.3 Å². The summed E-state index contributed by atoms with van der Waals surface area (Å²) in [6.07, 6.45) is -2.36. The number of alkyl halides is 3. The van der Waals surface area contributed by atoms with Crippen molar-refractivity contribution >= 4 is 34.8 Å². The summed E-state index contributed by atoms with van der Waals surface area (Å²) in [6, 6.07) is 9.94. The van der Waals surface area contributed by atoms with Crippen molar-refractivity contribution in [3.63, 3.8) is 0 Å².